The maximum Gasteiger partial charge on any atom is 0.189 e. The molecule has 3 nitrogen and oxygen atoms in total. The van der Waals surface area contributed by atoms with Crippen LogP contribution in [0, 0.1) is 6.92 Å². The van der Waals surface area contributed by atoms with Crippen molar-refractivity contribution >= 4 is 28.7 Å². The number of ketones is 1. The zero-order chi connectivity index (χ0) is 11.5. The van der Waals surface area contributed by atoms with Crippen LogP contribution in [-0.4, -0.2) is 15.8 Å². The molecule has 0 aliphatic rings. The molecule has 0 radical (unpaired) electrons. The van der Waals surface area contributed by atoms with Crippen LogP contribution in [0.1, 0.15) is 21.2 Å². The Morgan fingerprint density at radius 3 is 3.00 bits per heavy atom. The van der Waals surface area contributed by atoms with Gasteiger partial charge in [0.1, 0.15) is 10.7 Å². The minimum atomic E-state index is -0.0973. The van der Waals surface area contributed by atoms with E-state index in [9.17, 15) is 4.79 Å². The average Bonchev–Trinajstić information content (AvgIpc) is 2.64. The summed E-state index contributed by atoms with van der Waals surface area (Å²) in [4.78, 5) is 20.1. The number of aromatic nitrogens is 2. The summed E-state index contributed by atoms with van der Waals surface area (Å²) in [5.74, 6) is -0.0973. The lowest BCUT2D eigenvalue weighted by Gasteiger charge is -1.99. The van der Waals surface area contributed by atoms with Gasteiger partial charge in [0.2, 0.25) is 0 Å². The molecule has 82 valence electrons. The zero-order valence-corrected chi connectivity index (χ0v) is 10.2. The van der Waals surface area contributed by atoms with Gasteiger partial charge in [0.15, 0.2) is 5.78 Å². The van der Waals surface area contributed by atoms with Crippen LogP contribution >= 0.6 is 22.9 Å². The number of pyridine rings is 1. The standard InChI is InChI=1S/C11H9ClN2OS/c1-7-6-16-10(14-7)5-9(15)11-8(12)3-2-4-13-11/h2-4,6H,5H2,1H3. The topological polar surface area (TPSA) is 42.9 Å². The van der Waals surface area contributed by atoms with Crippen LogP contribution < -0.4 is 0 Å². The summed E-state index contributed by atoms with van der Waals surface area (Å²) in [6.45, 7) is 1.90. The molecule has 0 bridgehead atoms. The second-order valence-electron chi connectivity index (χ2n) is 3.32. The average molecular weight is 253 g/mol. The summed E-state index contributed by atoms with van der Waals surface area (Å²) >= 11 is 7.37. The molecule has 2 aromatic heterocycles. The van der Waals surface area contributed by atoms with Crippen molar-refractivity contribution in [1.29, 1.82) is 0 Å². The molecule has 0 spiro atoms. The van der Waals surface area contributed by atoms with E-state index < -0.39 is 0 Å². The zero-order valence-electron chi connectivity index (χ0n) is 8.61. The quantitative estimate of drug-likeness (QED) is 0.789. The van der Waals surface area contributed by atoms with E-state index in [2.05, 4.69) is 9.97 Å². The van der Waals surface area contributed by atoms with Crippen LogP contribution in [0.15, 0.2) is 23.7 Å². The molecule has 2 aromatic rings. The predicted octanol–water partition coefficient (Wildman–Crippen LogP) is 2.93. The van der Waals surface area contributed by atoms with Gasteiger partial charge in [0.05, 0.1) is 11.4 Å². The minimum Gasteiger partial charge on any atom is -0.292 e. The fourth-order valence-corrected chi connectivity index (χ4v) is 2.29. The Hall–Kier alpha value is -1.26. The first-order valence-electron chi connectivity index (χ1n) is 4.71. The van der Waals surface area contributed by atoms with E-state index in [0.29, 0.717) is 10.7 Å². The van der Waals surface area contributed by atoms with Crippen molar-refractivity contribution in [1.82, 2.24) is 9.97 Å². The molecule has 2 heterocycles. The molecule has 0 atom stereocenters. The molecule has 0 amide bonds. The molecule has 0 fully saturated rings. The monoisotopic (exact) mass is 252 g/mol. The first-order valence-corrected chi connectivity index (χ1v) is 5.97. The molecule has 0 aliphatic carbocycles. The van der Waals surface area contributed by atoms with Gasteiger partial charge in [-0.2, -0.15) is 0 Å². The molecule has 5 heteroatoms. The number of halogens is 1. The molecule has 0 unspecified atom stereocenters. The smallest absolute Gasteiger partial charge is 0.189 e. The van der Waals surface area contributed by atoms with Crippen molar-refractivity contribution in [2.45, 2.75) is 13.3 Å². The van der Waals surface area contributed by atoms with Crippen molar-refractivity contribution in [3.05, 3.63) is 45.1 Å². The van der Waals surface area contributed by atoms with E-state index in [-0.39, 0.29) is 12.2 Å². The van der Waals surface area contributed by atoms with Gasteiger partial charge in [-0.05, 0) is 19.1 Å². The third-order valence-corrected chi connectivity index (χ3v) is 3.27. The van der Waals surface area contributed by atoms with Gasteiger partial charge in [0.25, 0.3) is 0 Å². The molecule has 2 rings (SSSR count). The van der Waals surface area contributed by atoms with Crippen molar-refractivity contribution in [2.24, 2.45) is 0 Å². The summed E-state index contributed by atoms with van der Waals surface area (Å²) in [5.41, 5.74) is 1.25. The minimum absolute atomic E-state index is 0.0973. The van der Waals surface area contributed by atoms with E-state index in [4.69, 9.17) is 11.6 Å². The van der Waals surface area contributed by atoms with E-state index in [0.717, 1.165) is 10.7 Å². The van der Waals surface area contributed by atoms with Crippen molar-refractivity contribution in [2.75, 3.05) is 0 Å². The third-order valence-electron chi connectivity index (χ3n) is 2.00. The van der Waals surface area contributed by atoms with Crippen LogP contribution in [-0.2, 0) is 6.42 Å². The SMILES string of the molecule is Cc1csc(CC(=O)c2ncccc2Cl)n1. The first kappa shape index (κ1) is 11.2. The van der Waals surface area contributed by atoms with Crippen LogP contribution in [0.3, 0.4) is 0 Å². The fraction of sp³-hybridized carbons (Fsp3) is 0.182. The van der Waals surface area contributed by atoms with Gasteiger partial charge < -0.3 is 0 Å². The number of Topliss-reactive ketones (excluding diaryl/α,β-unsaturated/α-hetero) is 1. The van der Waals surface area contributed by atoms with Crippen LogP contribution in [0.2, 0.25) is 5.02 Å². The summed E-state index contributed by atoms with van der Waals surface area (Å²) in [7, 11) is 0. The number of nitrogens with zero attached hydrogens (tertiary/aromatic N) is 2. The maximum atomic E-state index is 11.9. The number of aryl methyl sites for hydroxylation is 1. The van der Waals surface area contributed by atoms with E-state index in [1.165, 1.54) is 11.3 Å². The number of thiazole rings is 1. The largest absolute Gasteiger partial charge is 0.292 e. The molecule has 0 saturated heterocycles. The molecular weight excluding hydrogens is 244 g/mol. The Morgan fingerprint density at radius 2 is 2.38 bits per heavy atom. The molecule has 0 saturated carbocycles. The maximum absolute atomic E-state index is 11.9. The second kappa shape index (κ2) is 4.72. The second-order valence-corrected chi connectivity index (χ2v) is 4.67. The highest BCUT2D eigenvalue weighted by Gasteiger charge is 2.13. The van der Waals surface area contributed by atoms with Gasteiger partial charge in [0, 0.05) is 17.3 Å². The highest BCUT2D eigenvalue weighted by Crippen LogP contribution is 2.16. The normalized spacial score (nSPS) is 10.4. The van der Waals surface area contributed by atoms with E-state index in [1.807, 2.05) is 12.3 Å². The van der Waals surface area contributed by atoms with Crippen LogP contribution in [0.25, 0.3) is 0 Å². The van der Waals surface area contributed by atoms with Crippen molar-refractivity contribution in [3.63, 3.8) is 0 Å². The van der Waals surface area contributed by atoms with Gasteiger partial charge in [-0.1, -0.05) is 11.6 Å². The molecular formula is C11H9ClN2OS. The van der Waals surface area contributed by atoms with E-state index in [1.54, 1.807) is 18.3 Å². The third kappa shape index (κ3) is 2.46. The molecule has 0 N–H and O–H groups in total. The number of carbonyl (C=O) groups is 1. The van der Waals surface area contributed by atoms with Crippen molar-refractivity contribution < 1.29 is 4.79 Å². The van der Waals surface area contributed by atoms with Gasteiger partial charge in [-0.3, -0.25) is 9.78 Å². The lowest BCUT2D eigenvalue weighted by molar-refractivity contribution is 0.0988. The number of hydrogen-bond acceptors (Lipinski definition) is 4. The predicted molar refractivity (Wildman–Crippen MR) is 64.1 cm³/mol. The van der Waals surface area contributed by atoms with Gasteiger partial charge in [-0.15, -0.1) is 11.3 Å². The highest BCUT2D eigenvalue weighted by molar-refractivity contribution is 7.09. The Labute approximate surface area is 102 Å². The Morgan fingerprint density at radius 1 is 1.56 bits per heavy atom. The highest BCUT2D eigenvalue weighted by atomic mass is 35.5. The van der Waals surface area contributed by atoms with Crippen molar-refractivity contribution in [3.8, 4) is 0 Å². The Balaban J connectivity index is 2.18. The van der Waals surface area contributed by atoms with Crippen LogP contribution in [0.5, 0.6) is 0 Å². The number of carbonyl (C=O) groups excluding carboxylic acids is 1. The summed E-state index contributed by atoms with van der Waals surface area (Å²) in [6, 6.07) is 3.36. The number of hydrogen-bond donors (Lipinski definition) is 0. The molecule has 16 heavy (non-hydrogen) atoms. The Bertz CT molecular complexity index is 524. The van der Waals surface area contributed by atoms with Crippen LogP contribution in [0.4, 0.5) is 0 Å². The first-order chi connectivity index (χ1) is 7.66. The lowest BCUT2D eigenvalue weighted by atomic mass is 10.2. The summed E-state index contributed by atoms with van der Waals surface area (Å²) in [5, 5.41) is 3.10. The number of rotatable bonds is 3. The van der Waals surface area contributed by atoms with Gasteiger partial charge in [-0.25, -0.2) is 4.98 Å². The lowest BCUT2D eigenvalue weighted by Crippen LogP contribution is -2.06. The van der Waals surface area contributed by atoms with E-state index >= 15 is 0 Å². The van der Waals surface area contributed by atoms with Gasteiger partial charge >= 0.3 is 0 Å². The summed E-state index contributed by atoms with van der Waals surface area (Å²) in [6.07, 6.45) is 1.82. The molecule has 0 aliphatic heterocycles. The fourth-order valence-electron chi connectivity index (χ4n) is 1.30. The Kier molecular flexibility index (Phi) is 3.31. The summed E-state index contributed by atoms with van der Waals surface area (Å²) < 4.78 is 0. The molecule has 0 aromatic carbocycles.